The number of halogens is 1. The second-order valence-corrected chi connectivity index (χ2v) is 5.24. The first-order valence-electron chi connectivity index (χ1n) is 7.46. The fraction of sp³-hybridized carbons (Fsp3) is 0.333. The van der Waals surface area contributed by atoms with Crippen LogP contribution in [0.4, 0.5) is 10.1 Å². The minimum absolute atomic E-state index is 0.0173. The molecule has 0 spiro atoms. The second-order valence-electron chi connectivity index (χ2n) is 5.24. The molecule has 0 aliphatic rings. The van der Waals surface area contributed by atoms with E-state index in [4.69, 9.17) is 0 Å². The standard InChI is InChI=1S/C18H23FN2/c1-3-13-20-18(16-11-7-8-12-17(16)19)14-21(2)15-9-5-4-6-10-15/h4-12,18,20H,3,13-14H2,1-2H3. The van der Waals surface area contributed by atoms with Crippen molar-refractivity contribution in [3.8, 4) is 0 Å². The van der Waals surface area contributed by atoms with Gasteiger partial charge in [0.05, 0.1) is 6.04 Å². The van der Waals surface area contributed by atoms with Gasteiger partial charge >= 0.3 is 0 Å². The van der Waals surface area contributed by atoms with E-state index >= 15 is 0 Å². The summed E-state index contributed by atoms with van der Waals surface area (Å²) in [6.45, 7) is 3.72. The molecule has 0 fully saturated rings. The Morgan fingerprint density at radius 3 is 2.38 bits per heavy atom. The Bertz CT molecular complexity index is 542. The lowest BCUT2D eigenvalue weighted by Crippen LogP contribution is -2.34. The van der Waals surface area contributed by atoms with Gasteiger partial charge in [0.15, 0.2) is 0 Å². The average Bonchev–Trinajstić information content (AvgIpc) is 2.53. The fourth-order valence-electron chi connectivity index (χ4n) is 2.41. The molecule has 0 aromatic heterocycles. The SMILES string of the molecule is CCCNC(CN(C)c1ccccc1)c1ccccc1F. The molecule has 2 aromatic rings. The van der Waals surface area contributed by atoms with Crippen LogP contribution in [0.5, 0.6) is 0 Å². The van der Waals surface area contributed by atoms with Gasteiger partial charge in [0.25, 0.3) is 0 Å². The van der Waals surface area contributed by atoms with E-state index in [1.165, 1.54) is 6.07 Å². The average molecular weight is 286 g/mol. The summed E-state index contributed by atoms with van der Waals surface area (Å²) in [6, 6.07) is 17.2. The molecule has 2 aromatic carbocycles. The molecule has 0 amide bonds. The molecular formula is C18H23FN2. The molecule has 0 saturated carbocycles. The molecule has 1 atom stereocenters. The highest BCUT2D eigenvalue weighted by Gasteiger charge is 2.16. The van der Waals surface area contributed by atoms with E-state index in [-0.39, 0.29) is 11.9 Å². The zero-order valence-electron chi connectivity index (χ0n) is 12.7. The molecule has 2 rings (SSSR count). The molecule has 112 valence electrons. The summed E-state index contributed by atoms with van der Waals surface area (Å²) in [6.07, 6.45) is 1.03. The lowest BCUT2D eigenvalue weighted by atomic mass is 10.1. The highest BCUT2D eigenvalue weighted by atomic mass is 19.1. The van der Waals surface area contributed by atoms with Crippen LogP contribution in [0.15, 0.2) is 54.6 Å². The largest absolute Gasteiger partial charge is 0.373 e. The van der Waals surface area contributed by atoms with Gasteiger partial charge in [-0.15, -0.1) is 0 Å². The maximum absolute atomic E-state index is 14.1. The Morgan fingerprint density at radius 1 is 1.05 bits per heavy atom. The number of nitrogens with zero attached hydrogens (tertiary/aromatic N) is 1. The van der Waals surface area contributed by atoms with E-state index in [1.54, 1.807) is 6.07 Å². The number of likely N-dealkylation sites (N-methyl/N-ethyl adjacent to an activating group) is 1. The summed E-state index contributed by atoms with van der Waals surface area (Å²) in [4.78, 5) is 2.15. The number of rotatable bonds is 7. The second kappa shape index (κ2) is 7.79. The highest BCUT2D eigenvalue weighted by molar-refractivity contribution is 5.45. The maximum atomic E-state index is 14.1. The zero-order chi connectivity index (χ0) is 15.1. The minimum Gasteiger partial charge on any atom is -0.373 e. The minimum atomic E-state index is -0.146. The van der Waals surface area contributed by atoms with Gasteiger partial charge < -0.3 is 10.2 Å². The van der Waals surface area contributed by atoms with Gasteiger partial charge in [-0.3, -0.25) is 0 Å². The van der Waals surface area contributed by atoms with Crippen molar-refractivity contribution in [3.63, 3.8) is 0 Å². The van der Waals surface area contributed by atoms with E-state index in [9.17, 15) is 4.39 Å². The van der Waals surface area contributed by atoms with Crippen LogP contribution in [-0.4, -0.2) is 20.1 Å². The molecule has 1 N–H and O–H groups in total. The molecule has 0 bridgehead atoms. The first-order chi connectivity index (χ1) is 10.2. The molecule has 21 heavy (non-hydrogen) atoms. The third-order valence-electron chi connectivity index (χ3n) is 3.57. The Kier molecular flexibility index (Phi) is 5.76. The van der Waals surface area contributed by atoms with Crippen molar-refractivity contribution in [1.82, 2.24) is 5.32 Å². The van der Waals surface area contributed by atoms with Crippen molar-refractivity contribution in [3.05, 3.63) is 66.0 Å². The molecule has 0 aliphatic carbocycles. The summed E-state index contributed by atoms with van der Waals surface area (Å²) < 4.78 is 14.1. The lowest BCUT2D eigenvalue weighted by Gasteiger charge is -2.27. The van der Waals surface area contributed by atoms with E-state index in [0.29, 0.717) is 0 Å². The summed E-state index contributed by atoms with van der Waals surface area (Å²) in [5.74, 6) is -0.146. The maximum Gasteiger partial charge on any atom is 0.128 e. The zero-order valence-corrected chi connectivity index (χ0v) is 12.7. The number of hydrogen-bond acceptors (Lipinski definition) is 2. The fourth-order valence-corrected chi connectivity index (χ4v) is 2.41. The Morgan fingerprint density at radius 2 is 1.71 bits per heavy atom. The van der Waals surface area contributed by atoms with Crippen LogP contribution in [0.1, 0.15) is 24.9 Å². The van der Waals surface area contributed by atoms with E-state index in [1.807, 2.05) is 37.4 Å². The molecular weight excluding hydrogens is 263 g/mol. The van der Waals surface area contributed by atoms with Crippen molar-refractivity contribution >= 4 is 5.69 Å². The predicted molar refractivity (Wildman–Crippen MR) is 87.1 cm³/mol. The van der Waals surface area contributed by atoms with Gasteiger partial charge in [-0.1, -0.05) is 43.3 Å². The normalized spacial score (nSPS) is 12.1. The molecule has 2 nitrogen and oxygen atoms in total. The monoisotopic (exact) mass is 286 g/mol. The van der Waals surface area contributed by atoms with E-state index < -0.39 is 0 Å². The number of nitrogens with one attached hydrogen (secondary N) is 1. The summed E-state index contributed by atoms with van der Waals surface area (Å²) in [7, 11) is 2.04. The van der Waals surface area contributed by atoms with Gasteiger partial charge in [0.2, 0.25) is 0 Å². The quantitative estimate of drug-likeness (QED) is 0.827. The Labute approximate surface area is 126 Å². The molecule has 1 unspecified atom stereocenters. The lowest BCUT2D eigenvalue weighted by molar-refractivity contribution is 0.499. The number of anilines is 1. The first kappa shape index (κ1) is 15.5. The van der Waals surface area contributed by atoms with Crippen molar-refractivity contribution < 1.29 is 4.39 Å². The molecule has 0 radical (unpaired) electrons. The summed E-state index contributed by atoms with van der Waals surface area (Å²) >= 11 is 0. The third kappa shape index (κ3) is 4.30. The van der Waals surface area contributed by atoms with Crippen LogP contribution in [0.2, 0.25) is 0 Å². The van der Waals surface area contributed by atoms with Gasteiger partial charge in [-0.25, -0.2) is 4.39 Å². The smallest absolute Gasteiger partial charge is 0.128 e. The van der Waals surface area contributed by atoms with Gasteiger partial charge in [-0.05, 0) is 31.2 Å². The van der Waals surface area contributed by atoms with Crippen molar-refractivity contribution in [1.29, 1.82) is 0 Å². The van der Waals surface area contributed by atoms with Crippen molar-refractivity contribution in [2.24, 2.45) is 0 Å². The topological polar surface area (TPSA) is 15.3 Å². The van der Waals surface area contributed by atoms with Crippen molar-refractivity contribution in [2.75, 3.05) is 25.0 Å². The van der Waals surface area contributed by atoms with Crippen LogP contribution in [0.25, 0.3) is 0 Å². The van der Waals surface area contributed by atoms with Crippen LogP contribution < -0.4 is 10.2 Å². The Hall–Kier alpha value is -1.87. The predicted octanol–water partition coefficient (Wildman–Crippen LogP) is 4.00. The van der Waals surface area contributed by atoms with Crippen LogP contribution in [0, 0.1) is 5.82 Å². The van der Waals surface area contributed by atoms with E-state index in [0.717, 1.165) is 30.8 Å². The Balaban J connectivity index is 2.15. The highest BCUT2D eigenvalue weighted by Crippen LogP contribution is 2.20. The number of benzene rings is 2. The van der Waals surface area contributed by atoms with Crippen LogP contribution in [-0.2, 0) is 0 Å². The van der Waals surface area contributed by atoms with Crippen LogP contribution in [0.3, 0.4) is 0 Å². The number of para-hydroxylation sites is 1. The van der Waals surface area contributed by atoms with Gasteiger partial charge in [0, 0.05) is 24.8 Å². The molecule has 3 heteroatoms. The third-order valence-corrected chi connectivity index (χ3v) is 3.57. The molecule has 0 saturated heterocycles. The molecule has 0 heterocycles. The van der Waals surface area contributed by atoms with Crippen LogP contribution >= 0.6 is 0 Å². The summed E-state index contributed by atoms with van der Waals surface area (Å²) in [5, 5.41) is 3.45. The first-order valence-corrected chi connectivity index (χ1v) is 7.46. The molecule has 0 aliphatic heterocycles. The van der Waals surface area contributed by atoms with Gasteiger partial charge in [0.1, 0.15) is 5.82 Å². The number of hydrogen-bond donors (Lipinski definition) is 1. The summed E-state index contributed by atoms with van der Waals surface area (Å²) in [5.41, 5.74) is 1.87. The van der Waals surface area contributed by atoms with E-state index in [2.05, 4.69) is 29.3 Å². The van der Waals surface area contributed by atoms with Crippen molar-refractivity contribution in [2.45, 2.75) is 19.4 Å². The van der Waals surface area contributed by atoms with Gasteiger partial charge in [-0.2, -0.15) is 0 Å².